The molecule has 0 spiro atoms. The van der Waals surface area contributed by atoms with Gasteiger partial charge in [0, 0.05) is 5.02 Å². The van der Waals surface area contributed by atoms with Crippen LogP contribution in [0.15, 0.2) is 18.2 Å². The van der Waals surface area contributed by atoms with Gasteiger partial charge in [-0.1, -0.05) is 29.3 Å². The SMILES string of the molecule is Cc1ccc(Cl)c(CC(=O)Nc2c(F)c(F)c(C(F)(F)F)c(F)c2F)c1. The molecule has 0 radical (unpaired) electrons. The molecule has 0 saturated carbocycles. The zero-order valence-electron chi connectivity index (χ0n) is 12.9. The number of benzene rings is 2. The summed E-state index contributed by atoms with van der Waals surface area (Å²) < 4.78 is 92.1. The Morgan fingerprint density at radius 1 is 1.04 bits per heavy atom. The molecular weight excluding hydrogens is 391 g/mol. The highest BCUT2D eigenvalue weighted by atomic mass is 35.5. The zero-order chi connectivity index (χ0) is 19.8. The van der Waals surface area contributed by atoms with Crippen molar-refractivity contribution < 1.29 is 35.5 Å². The van der Waals surface area contributed by atoms with Crippen molar-refractivity contribution in [1.29, 1.82) is 0 Å². The minimum atomic E-state index is -5.66. The molecule has 2 aromatic carbocycles. The van der Waals surface area contributed by atoms with Crippen molar-refractivity contribution in [2.45, 2.75) is 19.5 Å². The van der Waals surface area contributed by atoms with Crippen LogP contribution in [0, 0.1) is 30.2 Å². The average Bonchev–Trinajstić information content (AvgIpc) is 2.52. The van der Waals surface area contributed by atoms with Gasteiger partial charge in [0.15, 0.2) is 23.3 Å². The van der Waals surface area contributed by atoms with Crippen LogP contribution < -0.4 is 5.32 Å². The van der Waals surface area contributed by atoms with Gasteiger partial charge in [0.25, 0.3) is 0 Å². The molecule has 10 heteroatoms. The molecule has 0 aliphatic rings. The number of amides is 1. The summed E-state index contributed by atoms with van der Waals surface area (Å²) in [5.41, 5.74) is -3.41. The van der Waals surface area contributed by atoms with Crippen molar-refractivity contribution in [3.63, 3.8) is 0 Å². The second-order valence-corrected chi connectivity index (χ2v) is 5.73. The Labute approximate surface area is 147 Å². The van der Waals surface area contributed by atoms with Gasteiger partial charge in [-0.15, -0.1) is 0 Å². The summed E-state index contributed by atoms with van der Waals surface area (Å²) in [6, 6.07) is 4.57. The average molecular weight is 400 g/mol. The normalized spacial score (nSPS) is 11.6. The maximum atomic E-state index is 13.8. The van der Waals surface area contributed by atoms with Gasteiger partial charge in [0.2, 0.25) is 5.91 Å². The second kappa shape index (κ2) is 7.14. The summed E-state index contributed by atoms with van der Waals surface area (Å²) in [7, 11) is 0. The van der Waals surface area contributed by atoms with E-state index in [1.807, 2.05) is 0 Å². The Morgan fingerprint density at radius 2 is 1.58 bits per heavy atom. The Bertz CT molecular complexity index is 851. The maximum absolute atomic E-state index is 13.8. The molecule has 0 unspecified atom stereocenters. The van der Waals surface area contributed by atoms with Gasteiger partial charge >= 0.3 is 6.18 Å². The lowest BCUT2D eigenvalue weighted by Crippen LogP contribution is -2.21. The van der Waals surface area contributed by atoms with Crippen LogP contribution in [-0.2, 0) is 17.4 Å². The molecule has 0 aromatic heterocycles. The Balaban J connectivity index is 2.38. The lowest BCUT2D eigenvalue weighted by Gasteiger charge is -2.15. The third-order valence-electron chi connectivity index (χ3n) is 3.36. The van der Waals surface area contributed by atoms with E-state index in [4.69, 9.17) is 11.6 Å². The van der Waals surface area contributed by atoms with Crippen LogP contribution in [0.5, 0.6) is 0 Å². The van der Waals surface area contributed by atoms with E-state index in [1.54, 1.807) is 13.0 Å². The minimum absolute atomic E-state index is 0.150. The number of hydrogen-bond donors (Lipinski definition) is 1. The van der Waals surface area contributed by atoms with E-state index in [-0.39, 0.29) is 10.6 Å². The number of carbonyl (C=O) groups is 1. The van der Waals surface area contributed by atoms with Gasteiger partial charge in [0.1, 0.15) is 11.3 Å². The van der Waals surface area contributed by atoms with E-state index >= 15 is 0 Å². The van der Waals surface area contributed by atoms with E-state index in [1.165, 1.54) is 17.4 Å². The van der Waals surface area contributed by atoms with Crippen LogP contribution in [0.3, 0.4) is 0 Å². The zero-order valence-corrected chi connectivity index (χ0v) is 13.6. The largest absolute Gasteiger partial charge is 0.422 e. The standard InChI is InChI=1S/C16H9ClF7NO/c1-6-2-3-8(17)7(4-6)5-9(26)25-15-13(20)11(18)10(16(22,23)24)12(19)14(15)21/h2-4H,5H2,1H3,(H,25,26). The van der Waals surface area contributed by atoms with Crippen LogP contribution in [-0.4, -0.2) is 5.91 Å². The van der Waals surface area contributed by atoms with Crippen LogP contribution in [0.1, 0.15) is 16.7 Å². The fourth-order valence-electron chi connectivity index (χ4n) is 2.19. The summed E-state index contributed by atoms with van der Waals surface area (Å²) in [6.07, 6.45) is -6.18. The third kappa shape index (κ3) is 3.92. The van der Waals surface area contributed by atoms with Crippen LogP contribution in [0.25, 0.3) is 0 Å². The van der Waals surface area contributed by atoms with Gasteiger partial charge in [-0.05, 0) is 18.6 Å². The quantitative estimate of drug-likeness (QED) is 0.543. The lowest BCUT2D eigenvalue weighted by molar-refractivity contribution is -0.143. The molecule has 1 N–H and O–H groups in total. The van der Waals surface area contributed by atoms with Crippen LogP contribution in [0.4, 0.5) is 36.4 Å². The Kier molecular flexibility index (Phi) is 5.50. The molecule has 0 fully saturated rings. The van der Waals surface area contributed by atoms with E-state index in [0.29, 0.717) is 5.56 Å². The first-order valence-corrected chi connectivity index (χ1v) is 7.29. The predicted octanol–water partition coefficient (Wildman–Crippen LogP) is 5.40. The van der Waals surface area contributed by atoms with Crippen molar-refractivity contribution in [2.24, 2.45) is 0 Å². The first-order chi connectivity index (χ1) is 11.9. The second-order valence-electron chi connectivity index (χ2n) is 5.32. The molecule has 2 aromatic rings. The van der Waals surface area contributed by atoms with Crippen LogP contribution >= 0.6 is 11.6 Å². The van der Waals surface area contributed by atoms with E-state index in [9.17, 15) is 35.5 Å². The van der Waals surface area contributed by atoms with E-state index in [2.05, 4.69) is 0 Å². The number of anilines is 1. The number of carbonyl (C=O) groups excluding carboxylic acids is 1. The molecule has 26 heavy (non-hydrogen) atoms. The number of rotatable bonds is 3. The van der Waals surface area contributed by atoms with Gasteiger partial charge in [-0.3, -0.25) is 4.79 Å². The summed E-state index contributed by atoms with van der Waals surface area (Å²) in [4.78, 5) is 11.9. The topological polar surface area (TPSA) is 29.1 Å². The fourth-order valence-corrected chi connectivity index (χ4v) is 2.37. The number of hydrogen-bond acceptors (Lipinski definition) is 1. The molecule has 0 atom stereocenters. The summed E-state index contributed by atoms with van der Waals surface area (Å²) >= 11 is 5.85. The number of halogens is 8. The molecule has 0 bridgehead atoms. The minimum Gasteiger partial charge on any atom is -0.321 e. The molecule has 0 heterocycles. The highest BCUT2D eigenvalue weighted by molar-refractivity contribution is 6.31. The number of aryl methyl sites for hydroxylation is 1. The predicted molar refractivity (Wildman–Crippen MR) is 79.8 cm³/mol. The number of nitrogens with one attached hydrogen (secondary N) is 1. The number of alkyl halides is 3. The molecule has 1 amide bonds. The molecule has 2 rings (SSSR count). The Morgan fingerprint density at radius 3 is 2.08 bits per heavy atom. The molecule has 140 valence electrons. The Hall–Kier alpha value is -2.29. The molecule has 2 nitrogen and oxygen atoms in total. The summed E-state index contributed by atoms with van der Waals surface area (Å²) in [5.74, 6) is -11.2. The molecule has 0 aliphatic heterocycles. The molecule has 0 aliphatic carbocycles. The lowest BCUT2D eigenvalue weighted by atomic mass is 10.1. The first-order valence-electron chi connectivity index (χ1n) is 6.91. The van der Waals surface area contributed by atoms with Crippen molar-refractivity contribution in [1.82, 2.24) is 0 Å². The summed E-state index contributed by atoms with van der Waals surface area (Å²) in [5, 5.41) is 1.69. The smallest absolute Gasteiger partial charge is 0.321 e. The van der Waals surface area contributed by atoms with Gasteiger partial charge < -0.3 is 5.32 Å². The third-order valence-corrected chi connectivity index (χ3v) is 3.73. The highest BCUT2D eigenvalue weighted by Crippen LogP contribution is 2.38. The molecular formula is C16H9ClF7NO. The maximum Gasteiger partial charge on any atom is 0.422 e. The summed E-state index contributed by atoms with van der Waals surface area (Å²) in [6.45, 7) is 1.68. The van der Waals surface area contributed by atoms with E-state index < -0.39 is 53.0 Å². The van der Waals surface area contributed by atoms with E-state index in [0.717, 1.165) is 0 Å². The highest BCUT2D eigenvalue weighted by Gasteiger charge is 2.42. The monoisotopic (exact) mass is 399 g/mol. The van der Waals surface area contributed by atoms with Crippen molar-refractivity contribution in [2.75, 3.05) is 5.32 Å². The van der Waals surface area contributed by atoms with Crippen LogP contribution in [0.2, 0.25) is 5.02 Å². The van der Waals surface area contributed by atoms with Crippen molar-refractivity contribution in [3.8, 4) is 0 Å². The fraction of sp³-hybridized carbons (Fsp3) is 0.188. The van der Waals surface area contributed by atoms with Gasteiger partial charge in [0.05, 0.1) is 6.42 Å². The first kappa shape index (κ1) is 20.0. The van der Waals surface area contributed by atoms with Gasteiger partial charge in [-0.25, -0.2) is 17.6 Å². The van der Waals surface area contributed by atoms with Crippen molar-refractivity contribution in [3.05, 3.63) is 63.2 Å². The van der Waals surface area contributed by atoms with Crippen molar-refractivity contribution >= 4 is 23.2 Å². The van der Waals surface area contributed by atoms with Gasteiger partial charge in [-0.2, -0.15) is 13.2 Å². The molecule has 0 saturated heterocycles.